The van der Waals surface area contributed by atoms with E-state index in [2.05, 4.69) is 58.2 Å². The van der Waals surface area contributed by atoms with E-state index in [0.29, 0.717) is 0 Å². The zero-order valence-electron chi connectivity index (χ0n) is 11.1. The van der Waals surface area contributed by atoms with Crippen molar-refractivity contribution >= 4 is 15.9 Å². The predicted octanol–water partition coefficient (Wildman–Crippen LogP) is 4.15. The normalized spacial score (nSPS) is 16.9. The van der Waals surface area contributed by atoms with E-state index >= 15 is 0 Å². The van der Waals surface area contributed by atoms with Crippen LogP contribution >= 0.6 is 15.9 Å². The first-order valence-electron chi connectivity index (χ1n) is 6.71. The fourth-order valence-corrected chi connectivity index (χ4v) is 3.33. The van der Waals surface area contributed by atoms with Crippen molar-refractivity contribution in [1.29, 1.82) is 0 Å². The number of hydrogen-bond donors (Lipinski definition) is 0. The second kappa shape index (κ2) is 5.04. The summed E-state index contributed by atoms with van der Waals surface area (Å²) in [4.78, 5) is 9.41. The average molecular weight is 317 g/mol. The van der Waals surface area contributed by atoms with E-state index in [-0.39, 0.29) is 5.41 Å². The van der Waals surface area contributed by atoms with Gasteiger partial charge in [0.25, 0.3) is 0 Å². The zero-order valence-corrected chi connectivity index (χ0v) is 12.7. The predicted molar refractivity (Wildman–Crippen MR) is 80.5 cm³/mol. The molecule has 3 heteroatoms. The molecule has 1 aliphatic rings. The second-order valence-electron chi connectivity index (χ2n) is 5.24. The van der Waals surface area contributed by atoms with Crippen molar-refractivity contribution in [1.82, 2.24) is 9.97 Å². The first kappa shape index (κ1) is 12.8. The smallest absolute Gasteiger partial charge is 0.139 e. The number of rotatable bonds is 3. The summed E-state index contributed by atoms with van der Waals surface area (Å²) in [5.41, 5.74) is 3.67. The van der Waals surface area contributed by atoms with Crippen LogP contribution in [-0.2, 0) is 10.7 Å². The molecule has 0 atom stereocenters. The molecule has 0 spiro atoms. The standard InChI is InChI=1S/C16H17BrN2/c1-12-13(10-17)11-18-15(19-12)16(8-5-9-16)14-6-3-2-4-7-14/h2-4,6-7,11H,5,8-10H2,1H3. The molecule has 0 radical (unpaired) electrons. The van der Waals surface area contributed by atoms with Gasteiger partial charge in [0.1, 0.15) is 5.82 Å². The van der Waals surface area contributed by atoms with Gasteiger partial charge in [-0.1, -0.05) is 52.7 Å². The quantitative estimate of drug-likeness (QED) is 0.795. The van der Waals surface area contributed by atoms with E-state index in [1.54, 1.807) is 0 Å². The molecule has 98 valence electrons. The number of nitrogens with zero attached hydrogens (tertiary/aromatic N) is 2. The molecular formula is C16H17BrN2. The number of halogens is 1. The van der Waals surface area contributed by atoms with Crippen molar-refractivity contribution in [3.05, 3.63) is 59.2 Å². The third kappa shape index (κ3) is 2.10. The fraction of sp³-hybridized carbons (Fsp3) is 0.375. The largest absolute Gasteiger partial charge is 0.240 e. The van der Waals surface area contributed by atoms with Crippen LogP contribution < -0.4 is 0 Å². The first-order valence-corrected chi connectivity index (χ1v) is 7.83. The Morgan fingerprint density at radius 1 is 1.21 bits per heavy atom. The highest BCUT2D eigenvalue weighted by Gasteiger charge is 2.42. The Morgan fingerprint density at radius 3 is 2.47 bits per heavy atom. The highest BCUT2D eigenvalue weighted by molar-refractivity contribution is 9.08. The molecule has 0 N–H and O–H groups in total. The summed E-state index contributed by atoms with van der Waals surface area (Å²) in [6, 6.07) is 10.7. The van der Waals surface area contributed by atoms with Gasteiger partial charge in [0.05, 0.1) is 5.41 Å². The molecule has 0 amide bonds. The van der Waals surface area contributed by atoms with Gasteiger partial charge in [0, 0.05) is 22.8 Å². The first-order chi connectivity index (χ1) is 9.26. The Kier molecular flexibility index (Phi) is 3.40. The molecule has 0 saturated heterocycles. The van der Waals surface area contributed by atoms with Gasteiger partial charge in [0.15, 0.2) is 0 Å². The summed E-state index contributed by atoms with van der Waals surface area (Å²) in [5.74, 6) is 0.993. The Hall–Kier alpha value is -1.22. The molecule has 0 unspecified atom stereocenters. The molecule has 19 heavy (non-hydrogen) atoms. The van der Waals surface area contributed by atoms with Crippen molar-refractivity contribution in [3.8, 4) is 0 Å². The molecule has 0 bridgehead atoms. The molecule has 0 aliphatic heterocycles. The average Bonchev–Trinajstić information content (AvgIpc) is 2.39. The second-order valence-corrected chi connectivity index (χ2v) is 5.80. The number of alkyl halides is 1. The summed E-state index contributed by atoms with van der Waals surface area (Å²) in [6.07, 6.45) is 5.54. The Balaban J connectivity index is 2.06. The van der Waals surface area contributed by atoms with Crippen molar-refractivity contribution in [3.63, 3.8) is 0 Å². The van der Waals surface area contributed by atoms with E-state index in [4.69, 9.17) is 4.98 Å². The van der Waals surface area contributed by atoms with Crippen LogP contribution in [0.25, 0.3) is 0 Å². The SMILES string of the molecule is Cc1nc(C2(c3ccccc3)CCC2)ncc1CBr. The van der Waals surface area contributed by atoms with Crippen LogP contribution in [0.5, 0.6) is 0 Å². The van der Waals surface area contributed by atoms with Crippen LogP contribution in [-0.4, -0.2) is 9.97 Å². The summed E-state index contributed by atoms with van der Waals surface area (Å²) in [6.45, 7) is 2.07. The lowest BCUT2D eigenvalue weighted by molar-refractivity contribution is 0.284. The summed E-state index contributed by atoms with van der Waals surface area (Å²) >= 11 is 3.48. The minimum Gasteiger partial charge on any atom is -0.240 e. The van der Waals surface area contributed by atoms with Gasteiger partial charge in [-0.2, -0.15) is 0 Å². The molecule has 1 fully saturated rings. The number of benzene rings is 1. The van der Waals surface area contributed by atoms with E-state index in [9.17, 15) is 0 Å². The van der Waals surface area contributed by atoms with E-state index in [1.807, 2.05) is 6.20 Å². The molecular weight excluding hydrogens is 300 g/mol. The summed E-state index contributed by atoms with van der Waals surface area (Å²) < 4.78 is 0. The molecule has 1 saturated carbocycles. The van der Waals surface area contributed by atoms with Gasteiger partial charge in [0.2, 0.25) is 0 Å². The zero-order chi connectivity index (χ0) is 13.3. The van der Waals surface area contributed by atoms with E-state index in [0.717, 1.165) is 29.7 Å². The third-order valence-electron chi connectivity index (χ3n) is 4.19. The highest BCUT2D eigenvalue weighted by Crippen LogP contribution is 2.47. The van der Waals surface area contributed by atoms with Crippen LogP contribution in [0.1, 0.15) is 41.9 Å². The molecule has 2 aromatic rings. The summed E-state index contributed by atoms with van der Waals surface area (Å²) in [5, 5.41) is 0.817. The van der Waals surface area contributed by atoms with Gasteiger partial charge in [-0.05, 0) is 25.3 Å². The minimum atomic E-state index is 0.0524. The molecule has 1 aliphatic carbocycles. The Bertz CT molecular complexity index is 577. The van der Waals surface area contributed by atoms with Gasteiger partial charge < -0.3 is 0 Å². The van der Waals surface area contributed by atoms with Crippen molar-refractivity contribution in [2.24, 2.45) is 0 Å². The highest BCUT2D eigenvalue weighted by atomic mass is 79.9. The maximum Gasteiger partial charge on any atom is 0.139 e. The van der Waals surface area contributed by atoms with Crippen LogP contribution in [0, 0.1) is 6.92 Å². The van der Waals surface area contributed by atoms with Gasteiger partial charge >= 0.3 is 0 Å². The molecule has 1 aromatic heterocycles. The maximum absolute atomic E-state index is 4.77. The van der Waals surface area contributed by atoms with Crippen LogP contribution in [0.4, 0.5) is 0 Å². The lowest BCUT2D eigenvalue weighted by Crippen LogP contribution is -2.37. The maximum atomic E-state index is 4.77. The van der Waals surface area contributed by atoms with Crippen LogP contribution in [0.3, 0.4) is 0 Å². The van der Waals surface area contributed by atoms with Crippen LogP contribution in [0.2, 0.25) is 0 Å². The molecule has 2 nitrogen and oxygen atoms in total. The number of aromatic nitrogens is 2. The molecule has 3 rings (SSSR count). The lowest BCUT2D eigenvalue weighted by Gasteiger charge is -2.41. The van der Waals surface area contributed by atoms with Crippen LogP contribution in [0.15, 0.2) is 36.5 Å². The number of aryl methyl sites for hydroxylation is 1. The van der Waals surface area contributed by atoms with E-state index in [1.165, 1.54) is 17.5 Å². The minimum absolute atomic E-state index is 0.0524. The van der Waals surface area contributed by atoms with Crippen molar-refractivity contribution < 1.29 is 0 Å². The monoisotopic (exact) mass is 316 g/mol. The Labute approximate surface area is 122 Å². The topological polar surface area (TPSA) is 25.8 Å². The van der Waals surface area contributed by atoms with E-state index < -0.39 is 0 Å². The van der Waals surface area contributed by atoms with Gasteiger partial charge in [-0.3, -0.25) is 0 Å². The molecule has 1 aromatic carbocycles. The lowest BCUT2D eigenvalue weighted by atomic mass is 9.64. The van der Waals surface area contributed by atoms with Crippen molar-refractivity contribution in [2.75, 3.05) is 0 Å². The van der Waals surface area contributed by atoms with Gasteiger partial charge in [-0.15, -0.1) is 0 Å². The summed E-state index contributed by atoms with van der Waals surface area (Å²) in [7, 11) is 0. The fourth-order valence-electron chi connectivity index (χ4n) is 2.78. The molecule has 1 heterocycles. The third-order valence-corrected chi connectivity index (χ3v) is 4.79. The van der Waals surface area contributed by atoms with Crippen molar-refractivity contribution in [2.45, 2.75) is 36.9 Å². The van der Waals surface area contributed by atoms with Gasteiger partial charge in [-0.25, -0.2) is 9.97 Å². The Morgan fingerprint density at radius 2 is 1.95 bits per heavy atom. The number of hydrogen-bond acceptors (Lipinski definition) is 2.